The van der Waals surface area contributed by atoms with E-state index in [-0.39, 0.29) is 0 Å². The largest absolute Gasteiger partial charge is 0.444 e. The molecule has 0 radical (unpaired) electrons. The Morgan fingerprint density at radius 2 is 2.17 bits per heavy atom. The summed E-state index contributed by atoms with van der Waals surface area (Å²) < 4.78 is 10.5. The lowest BCUT2D eigenvalue weighted by atomic mass is 10.2. The molecule has 1 unspecified atom stereocenters. The van der Waals surface area contributed by atoms with Crippen molar-refractivity contribution in [1.29, 1.82) is 0 Å². The Balaban J connectivity index is 1.68. The van der Waals surface area contributed by atoms with Crippen LogP contribution in [0.25, 0.3) is 11.4 Å². The lowest BCUT2D eigenvalue weighted by Crippen LogP contribution is -2.34. The van der Waals surface area contributed by atoms with Gasteiger partial charge < -0.3 is 14.6 Å². The van der Waals surface area contributed by atoms with E-state index in [2.05, 4.69) is 20.4 Å². The second-order valence-corrected chi connectivity index (χ2v) is 7.07. The van der Waals surface area contributed by atoms with Crippen LogP contribution < -0.4 is 5.32 Å². The van der Waals surface area contributed by atoms with Crippen molar-refractivity contribution in [2.24, 2.45) is 0 Å². The second-order valence-electron chi connectivity index (χ2n) is 7.07. The minimum absolute atomic E-state index is 0.334. The monoisotopic (exact) mass is 330 g/mol. The summed E-state index contributed by atoms with van der Waals surface area (Å²) >= 11 is 0. The van der Waals surface area contributed by atoms with E-state index in [1.54, 1.807) is 13.1 Å². The molecule has 1 aliphatic carbocycles. The van der Waals surface area contributed by atoms with Crippen molar-refractivity contribution >= 4 is 6.09 Å². The number of hydrogen-bond donors (Lipinski definition) is 1. The number of rotatable bonds is 4. The first-order chi connectivity index (χ1) is 11.3. The van der Waals surface area contributed by atoms with Crippen LogP contribution in [0.1, 0.15) is 64.1 Å². The van der Waals surface area contributed by atoms with Crippen LogP contribution in [0.2, 0.25) is 0 Å². The lowest BCUT2D eigenvalue weighted by molar-refractivity contribution is 0.0499. The van der Waals surface area contributed by atoms with E-state index in [0.717, 1.165) is 11.3 Å². The summed E-state index contributed by atoms with van der Waals surface area (Å²) in [5.74, 6) is 1.39. The molecule has 0 bridgehead atoms. The summed E-state index contributed by atoms with van der Waals surface area (Å²) in [6.07, 6.45) is 3.62. The van der Waals surface area contributed by atoms with Crippen molar-refractivity contribution in [2.75, 3.05) is 0 Å². The number of ether oxygens (including phenoxy) is 1. The maximum absolute atomic E-state index is 11.8. The maximum atomic E-state index is 11.8. The number of pyridine rings is 1. The summed E-state index contributed by atoms with van der Waals surface area (Å²) in [7, 11) is 0. The van der Waals surface area contributed by atoms with Crippen molar-refractivity contribution in [1.82, 2.24) is 20.4 Å². The molecule has 0 aromatic carbocycles. The smallest absolute Gasteiger partial charge is 0.408 e. The van der Waals surface area contributed by atoms with Crippen molar-refractivity contribution in [3.8, 4) is 11.4 Å². The van der Waals surface area contributed by atoms with Gasteiger partial charge in [-0.1, -0.05) is 5.16 Å². The summed E-state index contributed by atoms with van der Waals surface area (Å²) in [5, 5.41) is 6.69. The molecule has 2 aromatic heterocycles. The first-order valence-corrected chi connectivity index (χ1v) is 8.11. The van der Waals surface area contributed by atoms with Gasteiger partial charge in [0.25, 0.3) is 0 Å². The van der Waals surface area contributed by atoms with E-state index in [9.17, 15) is 4.79 Å². The molecule has 3 rings (SSSR count). The van der Waals surface area contributed by atoms with E-state index >= 15 is 0 Å². The molecule has 1 atom stereocenters. The molecule has 24 heavy (non-hydrogen) atoms. The van der Waals surface area contributed by atoms with Crippen LogP contribution in [0.15, 0.2) is 22.9 Å². The summed E-state index contributed by atoms with van der Waals surface area (Å²) in [5.41, 5.74) is 1.38. The fourth-order valence-electron chi connectivity index (χ4n) is 2.26. The number of aromatic nitrogens is 3. The molecule has 1 saturated carbocycles. The highest BCUT2D eigenvalue weighted by molar-refractivity contribution is 5.68. The molecular weight excluding hydrogens is 308 g/mol. The Morgan fingerprint density at radius 1 is 1.42 bits per heavy atom. The topological polar surface area (TPSA) is 90.1 Å². The van der Waals surface area contributed by atoms with Gasteiger partial charge in [-0.3, -0.25) is 4.98 Å². The number of hydrogen-bond acceptors (Lipinski definition) is 6. The highest BCUT2D eigenvalue weighted by atomic mass is 16.6. The third-order valence-electron chi connectivity index (χ3n) is 3.58. The van der Waals surface area contributed by atoms with Crippen LogP contribution in [-0.2, 0) is 4.74 Å². The third-order valence-corrected chi connectivity index (χ3v) is 3.58. The van der Waals surface area contributed by atoms with Gasteiger partial charge in [-0.2, -0.15) is 4.98 Å². The van der Waals surface area contributed by atoms with Gasteiger partial charge >= 0.3 is 6.09 Å². The van der Waals surface area contributed by atoms with E-state index in [0.29, 0.717) is 17.6 Å². The van der Waals surface area contributed by atoms with E-state index < -0.39 is 17.7 Å². The predicted octanol–water partition coefficient (Wildman–Crippen LogP) is 3.59. The first-order valence-electron chi connectivity index (χ1n) is 8.11. The van der Waals surface area contributed by atoms with Gasteiger partial charge in [0.1, 0.15) is 11.6 Å². The van der Waals surface area contributed by atoms with Crippen LogP contribution in [0.3, 0.4) is 0 Å². The molecule has 7 nitrogen and oxygen atoms in total. The number of carbonyl (C=O) groups excluding carboxylic acids is 1. The number of nitrogens with zero attached hydrogens (tertiary/aromatic N) is 3. The molecule has 0 aliphatic heterocycles. The summed E-state index contributed by atoms with van der Waals surface area (Å²) in [6.45, 7) is 7.19. The van der Waals surface area contributed by atoms with Crippen LogP contribution >= 0.6 is 0 Å². The fraction of sp³-hybridized carbons (Fsp3) is 0.529. The Bertz CT molecular complexity index is 731. The molecule has 128 valence electrons. The third kappa shape index (κ3) is 4.10. The van der Waals surface area contributed by atoms with E-state index in [4.69, 9.17) is 9.26 Å². The van der Waals surface area contributed by atoms with Crippen LogP contribution in [0.5, 0.6) is 0 Å². The zero-order valence-electron chi connectivity index (χ0n) is 14.4. The predicted molar refractivity (Wildman–Crippen MR) is 87.3 cm³/mol. The Morgan fingerprint density at radius 3 is 2.83 bits per heavy atom. The summed E-state index contributed by atoms with van der Waals surface area (Å²) in [4.78, 5) is 20.6. The minimum atomic E-state index is -0.555. The molecule has 0 spiro atoms. The molecular formula is C17H22N4O3. The van der Waals surface area contributed by atoms with Crippen molar-refractivity contribution < 1.29 is 14.1 Å². The van der Waals surface area contributed by atoms with Gasteiger partial charge in [-0.25, -0.2) is 4.79 Å². The second kappa shape index (κ2) is 6.22. The molecule has 1 fully saturated rings. The number of amides is 1. The van der Waals surface area contributed by atoms with Crippen LogP contribution in [0, 0.1) is 0 Å². The molecule has 2 aromatic rings. The Labute approximate surface area is 140 Å². The van der Waals surface area contributed by atoms with E-state index in [1.807, 2.05) is 32.9 Å². The Kier molecular flexibility index (Phi) is 4.26. The zero-order valence-corrected chi connectivity index (χ0v) is 14.4. The van der Waals surface area contributed by atoms with Gasteiger partial charge in [-0.05, 0) is 52.7 Å². The molecule has 1 aliphatic rings. The highest BCUT2D eigenvalue weighted by Crippen LogP contribution is 2.39. The molecule has 0 saturated heterocycles. The highest BCUT2D eigenvalue weighted by Gasteiger charge is 2.26. The van der Waals surface area contributed by atoms with Gasteiger partial charge in [-0.15, -0.1) is 0 Å². The van der Waals surface area contributed by atoms with Gasteiger partial charge in [0.15, 0.2) is 0 Å². The average molecular weight is 330 g/mol. The Hall–Kier alpha value is -2.44. The van der Waals surface area contributed by atoms with Gasteiger partial charge in [0, 0.05) is 23.4 Å². The van der Waals surface area contributed by atoms with Crippen molar-refractivity contribution in [2.45, 2.75) is 58.1 Å². The fourth-order valence-corrected chi connectivity index (χ4v) is 2.26. The average Bonchev–Trinajstić information content (AvgIpc) is 3.22. The normalized spacial score (nSPS) is 15.8. The quantitative estimate of drug-likeness (QED) is 0.921. The SMILES string of the molecule is CC(NC(=O)OC(C)(C)C)c1nc(-c2ccnc(C3CC3)c2)no1. The number of nitrogens with one attached hydrogen (secondary N) is 1. The minimum Gasteiger partial charge on any atom is -0.444 e. The van der Waals surface area contributed by atoms with Crippen molar-refractivity contribution in [3.05, 3.63) is 29.9 Å². The molecule has 1 N–H and O–H groups in total. The molecule has 1 amide bonds. The van der Waals surface area contributed by atoms with E-state index in [1.165, 1.54) is 12.8 Å². The standard InChI is InChI=1S/C17H22N4O3/c1-10(19-16(22)23-17(2,3)4)15-20-14(21-24-15)12-7-8-18-13(9-12)11-5-6-11/h7-11H,5-6H2,1-4H3,(H,19,22). The molecule has 2 heterocycles. The maximum Gasteiger partial charge on any atom is 0.408 e. The molecule has 7 heteroatoms. The lowest BCUT2D eigenvalue weighted by Gasteiger charge is -2.20. The first kappa shape index (κ1) is 16.4. The van der Waals surface area contributed by atoms with Gasteiger partial charge in [0.05, 0.1) is 0 Å². The van der Waals surface area contributed by atoms with Crippen LogP contribution in [0.4, 0.5) is 4.79 Å². The van der Waals surface area contributed by atoms with Crippen LogP contribution in [-0.4, -0.2) is 26.8 Å². The number of carbonyl (C=O) groups is 1. The summed E-state index contributed by atoms with van der Waals surface area (Å²) in [6, 6.07) is 3.41. The van der Waals surface area contributed by atoms with Crippen molar-refractivity contribution in [3.63, 3.8) is 0 Å². The van der Waals surface area contributed by atoms with Gasteiger partial charge in [0.2, 0.25) is 11.7 Å². The zero-order chi connectivity index (χ0) is 17.3. The number of alkyl carbamates (subject to hydrolysis) is 1.